The molecule has 4 nitrogen and oxygen atoms in total. The Morgan fingerprint density at radius 1 is 1.22 bits per heavy atom. The van der Waals surface area contributed by atoms with Crippen molar-refractivity contribution in [2.45, 2.75) is 20.3 Å². The van der Waals surface area contributed by atoms with Crippen LogP contribution in [0.5, 0.6) is 0 Å². The van der Waals surface area contributed by atoms with Crippen molar-refractivity contribution in [2.75, 3.05) is 0 Å². The van der Waals surface area contributed by atoms with E-state index >= 15 is 0 Å². The second-order valence-electron chi connectivity index (χ2n) is 5.50. The van der Waals surface area contributed by atoms with Crippen LogP contribution >= 0.6 is 0 Å². The van der Waals surface area contributed by atoms with Gasteiger partial charge < -0.3 is 4.98 Å². The molecular formula is C19H19N3O. The average Bonchev–Trinajstić information content (AvgIpc) is 2.98. The zero-order valence-electron chi connectivity index (χ0n) is 13.3. The lowest BCUT2D eigenvalue weighted by Gasteiger charge is -2.00. The molecule has 0 bridgehead atoms. The third kappa shape index (κ3) is 3.16. The fraction of sp³-hybridized carbons (Fsp3) is 0.158. The molecule has 4 heteroatoms. The summed E-state index contributed by atoms with van der Waals surface area (Å²) in [7, 11) is 0. The highest BCUT2D eigenvalue weighted by Gasteiger charge is 2.06. The first-order valence-electron chi connectivity index (χ1n) is 7.68. The fourth-order valence-electron chi connectivity index (χ4n) is 2.57. The van der Waals surface area contributed by atoms with Gasteiger partial charge in [-0.15, -0.1) is 0 Å². The summed E-state index contributed by atoms with van der Waals surface area (Å²) >= 11 is 0. The van der Waals surface area contributed by atoms with Gasteiger partial charge >= 0.3 is 0 Å². The van der Waals surface area contributed by atoms with E-state index in [4.69, 9.17) is 0 Å². The standard InChI is InChI=1S/C19H19N3O/c1-3-14-5-4-6-17-16(11-20-18(14)17)12-21-22-19(23)15-9-7-13(2)8-10-15/h4-12,20H,3H2,1-2H3,(H,22,23)/b21-12+. The van der Waals surface area contributed by atoms with E-state index in [0.717, 1.165) is 28.5 Å². The third-order valence-corrected chi connectivity index (χ3v) is 3.90. The molecule has 1 amide bonds. The van der Waals surface area contributed by atoms with Gasteiger partial charge in [-0.25, -0.2) is 5.43 Å². The lowest BCUT2D eigenvalue weighted by atomic mass is 10.1. The number of hydrogen-bond donors (Lipinski definition) is 2. The van der Waals surface area contributed by atoms with E-state index in [1.807, 2.05) is 37.4 Å². The van der Waals surface area contributed by atoms with Crippen molar-refractivity contribution in [1.82, 2.24) is 10.4 Å². The fourth-order valence-corrected chi connectivity index (χ4v) is 2.57. The van der Waals surface area contributed by atoms with Crippen molar-refractivity contribution in [2.24, 2.45) is 5.10 Å². The second kappa shape index (κ2) is 6.48. The number of rotatable bonds is 4. The molecule has 3 rings (SSSR count). The van der Waals surface area contributed by atoms with Crippen molar-refractivity contribution in [3.05, 3.63) is 70.9 Å². The van der Waals surface area contributed by atoms with E-state index in [-0.39, 0.29) is 5.91 Å². The van der Waals surface area contributed by atoms with Crippen LogP contribution in [0.2, 0.25) is 0 Å². The minimum absolute atomic E-state index is 0.213. The number of carbonyl (C=O) groups is 1. The molecule has 1 heterocycles. The smallest absolute Gasteiger partial charge is 0.271 e. The number of carbonyl (C=O) groups excluding carboxylic acids is 1. The number of H-pyrrole nitrogens is 1. The predicted octanol–water partition coefficient (Wildman–Crippen LogP) is 3.80. The van der Waals surface area contributed by atoms with Gasteiger partial charge in [-0.1, -0.05) is 42.8 Å². The Bertz CT molecular complexity index is 860. The summed E-state index contributed by atoms with van der Waals surface area (Å²) in [6, 6.07) is 13.6. The molecule has 23 heavy (non-hydrogen) atoms. The maximum Gasteiger partial charge on any atom is 0.271 e. The molecule has 0 spiro atoms. The summed E-state index contributed by atoms with van der Waals surface area (Å²) in [4.78, 5) is 15.3. The maximum atomic E-state index is 12.0. The molecule has 1 aromatic heterocycles. The largest absolute Gasteiger partial charge is 0.360 e. The first-order valence-corrected chi connectivity index (χ1v) is 7.68. The van der Waals surface area contributed by atoms with Crippen LogP contribution in [0.1, 0.15) is 34.0 Å². The SMILES string of the molecule is CCc1cccc2c(/C=N/NC(=O)c3ccc(C)cc3)c[nH]c12. The molecule has 0 fully saturated rings. The van der Waals surface area contributed by atoms with Gasteiger partial charge in [0.1, 0.15) is 0 Å². The van der Waals surface area contributed by atoms with Gasteiger partial charge in [-0.3, -0.25) is 4.79 Å². The Kier molecular flexibility index (Phi) is 4.24. The van der Waals surface area contributed by atoms with Gasteiger partial charge in [0.25, 0.3) is 5.91 Å². The van der Waals surface area contributed by atoms with Crippen LogP contribution in [0.15, 0.2) is 53.8 Å². The summed E-state index contributed by atoms with van der Waals surface area (Å²) in [5.41, 5.74) is 7.64. The van der Waals surface area contributed by atoms with E-state index in [0.29, 0.717) is 5.56 Å². The number of nitrogens with zero attached hydrogens (tertiary/aromatic N) is 1. The molecule has 0 aliphatic rings. The van der Waals surface area contributed by atoms with Crippen LogP contribution in [-0.2, 0) is 6.42 Å². The first-order chi connectivity index (χ1) is 11.2. The quantitative estimate of drug-likeness (QED) is 0.559. The summed E-state index contributed by atoms with van der Waals surface area (Å²) in [5, 5.41) is 5.18. The molecule has 0 radical (unpaired) electrons. The van der Waals surface area contributed by atoms with Gasteiger partial charge in [-0.2, -0.15) is 5.10 Å². The van der Waals surface area contributed by atoms with Gasteiger partial charge in [0.05, 0.1) is 6.21 Å². The van der Waals surface area contributed by atoms with Crippen molar-refractivity contribution in [3.63, 3.8) is 0 Å². The van der Waals surface area contributed by atoms with Crippen molar-refractivity contribution in [3.8, 4) is 0 Å². The molecule has 0 atom stereocenters. The third-order valence-electron chi connectivity index (χ3n) is 3.90. The monoisotopic (exact) mass is 305 g/mol. The van der Waals surface area contributed by atoms with Crippen LogP contribution in [0.3, 0.4) is 0 Å². The molecular weight excluding hydrogens is 286 g/mol. The molecule has 0 unspecified atom stereocenters. The Labute approximate surface area is 135 Å². The number of fused-ring (bicyclic) bond motifs is 1. The first kappa shape index (κ1) is 15.0. The molecule has 0 aliphatic carbocycles. The van der Waals surface area contributed by atoms with Gasteiger partial charge in [0, 0.05) is 28.2 Å². The number of amides is 1. The molecule has 0 saturated carbocycles. The number of aryl methyl sites for hydroxylation is 2. The predicted molar refractivity (Wildman–Crippen MR) is 93.9 cm³/mol. The van der Waals surface area contributed by atoms with Gasteiger partial charge in [-0.05, 0) is 31.0 Å². The zero-order valence-corrected chi connectivity index (χ0v) is 13.3. The summed E-state index contributed by atoms with van der Waals surface area (Å²) in [6.45, 7) is 4.12. The Balaban J connectivity index is 1.76. The average molecular weight is 305 g/mol. The second-order valence-corrected chi connectivity index (χ2v) is 5.50. The molecule has 3 aromatic rings. The molecule has 2 aromatic carbocycles. The Morgan fingerprint density at radius 2 is 2.00 bits per heavy atom. The number of para-hydroxylation sites is 1. The summed E-state index contributed by atoms with van der Waals surface area (Å²) in [5.74, 6) is -0.213. The van der Waals surface area contributed by atoms with Crippen molar-refractivity contribution < 1.29 is 4.79 Å². The van der Waals surface area contributed by atoms with Crippen LogP contribution < -0.4 is 5.43 Å². The van der Waals surface area contributed by atoms with Gasteiger partial charge in [0.2, 0.25) is 0 Å². The highest BCUT2D eigenvalue weighted by Crippen LogP contribution is 2.20. The zero-order chi connectivity index (χ0) is 16.2. The lowest BCUT2D eigenvalue weighted by molar-refractivity contribution is 0.0955. The van der Waals surface area contributed by atoms with Crippen LogP contribution in [0, 0.1) is 6.92 Å². The highest BCUT2D eigenvalue weighted by molar-refractivity contribution is 6.01. The number of hydrogen-bond acceptors (Lipinski definition) is 2. The Hall–Kier alpha value is -2.88. The normalized spacial score (nSPS) is 11.2. The van der Waals surface area contributed by atoms with E-state index in [9.17, 15) is 4.79 Å². The molecule has 116 valence electrons. The molecule has 0 saturated heterocycles. The minimum atomic E-state index is -0.213. The Morgan fingerprint density at radius 3 is 2.74 bits per heavy atom. The number of aromatic amines is 1. The summed E-state index contributed by atoms with van der Waals surface area (Å²) < 4.78 is 0. The minimum Gasteiger partial charge on any atom is -0.360 e. The van der Waals surface area contributed by atoms with E-state index in [2.05, 4.69) is 28.5 Å². The van der Waals surface area contributed by atoms with Crippen LogP contribution in [0.25, 0.3) is 10.9 Å². The van der Waals surface area contributed by atoms with Crippen LogP contribution in [0.4, 0.5) is 0 Å². The lowest BCUT2D eigenvalue weighted by Crippen LogP contribution is -2.17. The molecule has 0 aliphatic heterocycles. The number of hydrazone groups is 1. The van der Waals surface area contributed by atoms with E-state index in [1.165, 1.54) is 5.56 Å². The molecule has 2 N–H and O–H groups in total. The number of aromatic nitrogens is 1. The highest BCUT2D eigenvalue weighted by atomic mass is 16.2. The van der Waals surface area contributed by atoms with Crippen LogP contribution in [-0.4, -0.2) is 17.1 Å². The van der Waals surface area contributed by atoms with Gasteiger partial charge in [0.15, 0.2) is 0 Å². The number of benzene rings is 2. The topological polar surface area (TPSA) is 57.2 Å². The van der Waals surface area contributed by atoms with Crippen molar-refractivity contribution >= 4 is 23.0 Å². The van der Waals surface area contributed by atoms with Crippen molar-refractivity contribution in [1.29, 1.82) is 0 Å². The van der Waals surface area contributed by atoms with E-state index < -0.39 is 0 Å². The summed E-state index contributed by atoms with van der Waals surface area (Å²) in [6.07, 6.45) is 4.55. The van der Waals surface area contributed by atoms with E-state index in [1.54, 1.807) is 18.3 Å². The number of nitrogens with one attached hydrogen (secondary N) is 2. The maximum absolute atomic E-state index is 12.0.